The molecule has 0 saturated carbocycles. The van der Waals surface area contributed by atoms with Crippen LogP contribution in [-0.2, 0) is 4.79 Å². The number of aliphatic carboxylic acids is 1. The molecule has 11 nitrogen and oxygen atoms in total. The highest BCUT2D eigenvalue weighted by Gasteiger charge is 2.46. The molecule has 2 aliphatic rings. The van der Waals surface area contributed by atoms with E-state index >= 15 is 4.39 Å². The zero-order valence-electron chi connectivity index (χ0n) is 22.9. The number of thioether (sulfide) groups is 1. The summed E-state index contributed by atoms with van der Waals surface area (Å²) < 4.78 is 41.2. The molecule has 220 valence electrons. The van der Waals surface area contributed by atoms with E-state index in [0.717, 1.165) is 0 Å². The maximum atomic E-state index is 15.6. The fourth-order valence-corrected chi connectivity index (χ4v) is 5.93. The maximum absolute atomic E-state index is 15.6. The molecule has 1 aromatic heterocycles. The summed E-state index contributed by atoms with van der Waals surface area (Å²) in [4.78, 5) is 24.0. The van der Waals surface area contributed by atoms with Crippen molar-refractivity contribution in [2.45, 2.75) is 24.6 Å². The van der Waals surface area contributed by atoms with E-state index in [1.54, 1.807) is 17.0 Å². The molecule has 3 heterocycles. The van der Waals surface area contributed by atoms with Gasteiger partial charge in [0.25, 0.3) is 5.88 Å². The second-order valence-electron chi connectivity index (χ2n) is 10.2. The lowest BCUT2D eigenvalue weighted by atomic mass is 10.0. The second-order valence-corrected chi connectivity index (χ2v) is 11.8. The Kier molecular flexibility index (Phi) is 7.58. The molecule has 5 rings (SSSR count). The number of hydrogen-bond donors (Lipinski definition) is 4. The Bertz CT molecular complexity index is 1620. The highest BCUT2D eigenvalue weighted by atomic mass is 32.2. The smallest absolute Gasteiger partial charge is 0.327 e. The van der Waals surface area contributed by atoms with Crippen molar-refractivity contribution in [1.82, 2.24) is 9.88 Å². The molecule has 2 aliphatic heterocycles. The molecule has 5 N–H and O–H groups in total. The largest absolute Gasteiger partial charge is 0.504 e. The van der Waals surface area contributed by atoms with Gasteiger partial charge in [-0.25, -0.2) is 14.2 Å². The van der Waals surface area contributed by atoms with Crippen LogP contribution in [0.25, 0.3) is 0 Å². The Labute approximate surface area is 244 Å². The fourth-order valence-electron chi connectivity index (χ4n) is 4.78. The summed E-state index contributed by atoms with van der Waals surface area (Å²) in [7, 11) is 1.82. The van der Waals surface area contributed by atoms with Gasteiger partial charge in [-0.15, -0.1) is 11.8 Å². The van der Waals surface area contributed by atoms with E-state index < -0.39 is 40.0 Å². The van der Waals surface area contributed by atoms with Crippen molar-refractivity contribution in [3.8, 4) is 28.9 Å². The quantitative estimate of drug-likeness (QED) is 0.217. The number of rotatable bonds is 8. The molecule has 1 unspecified atom stereocenters. The van der Waals surface area contributed by atoms with Gasteiger partial charge >= 0.3 is 5.97 Å². The lowest BCUT2D eigenvalue weighted by Gasteiger charge is -2.30. The van der Waals surface area contributed by atoms with Crippen LogP contribution in [-0.4, -0.2) is 74.5 Å². The van der Waals surface area contributed by atoms with Crippen LogP contribution in [0.5, 0.6) is 28.9 Å². The number of amidine groups is 2. The number of carbonyl (C=O) groups is 1. The third-order valence-electron chi connectivity index (χ3n) is 6.96. The number of halogens is 2. The molecule has 3 aromatic rings. The van der Waals surface area contributed by atoms with Crippen LogP contribution >= 0.6 is 11.8 Å². The Hall–Kier alpha value is -4.59. The fraction of sp³-hybridized carbons (Fsp3) is 0.286. The summed E-state index contributed by atoms with van der Waals surface area (Å²) in [5.74, 6) is -4.76. The molecule has 0 bridgehead atoms. The predicted octanol–water partition coefficient (Wildman–Crippen LogP) is 4.37. The summed E-state index contributed by atoms with van der Waals surface area (Å²) in [5.41, 5.74) is 6.70. The molecule has 1 atom stereocenters. The van der Waals surface area contributed by atoms with Gasteiger partial charge < -0.3 is 35.2 Å². The Morgan fingerprint density at radius 2 is 1.95 bits per heavy atom. The van der Waals surface area contributed by atoms with Crippen LogP contribution in [0.1, 0.15) is 25.0 Å². The van der Waals surface area contributed by atoms with Crippen molar-refractivity contribution in [2.75, 3.05) is 30.9 Å². The number of ether oxygens (including phenoxy) is 2. The van der Waals surface area contributed by atoms with Gasteiger partial charge in [0, 0.05) is 29.6 Å². The number of phenolic OH excluding ortho intramolecular Hbond substituents is 1. The molecule has 14 heteroatoms. The zero-order valence-corrected chi connectivity index (χ0v) is 23.7. The van der Waals surface area contributed by atoms with Crippen molar-refractivity contribution in [1.29, 1.82) is 5.41 Å². The van der Waals surface area contributed by atoms with Crippen molar-refractivity contribution in [3.05, 3.63) is 65.4 Å². The van der Waals surface area contributed by atoms with Crippen LogP contribution in [0.3, 0.4) is 0 Å². The van der Waals surface area contributed by atoms with E-state index in [1.807, 2.05) is 25.8 Å². The van der Waals surface area contributed by atoms with E-state index in [-0.39, 0.29) is 28.6 Å². The highest BCUT2D eigenvalue weighted by molar-refractivity contribution is 8.01. The van der Waals surface area contributed by atoms with Crippen LogP contribution in [0.2, 0.25) is 0 Å². The number of benzene rings is 2. The van der Waals surface area contributed by atoms with Crippen LogP contribution in [0, 0.1) is 17.0 Å². The average molecular weight is 599 g/mol. The molecular weight excluding hydrogens is 570 g/mol. The van der Waals surface area contributed by atoms with E-state index in [9.17, 15) is 19.4 Å². The molecule has 1 fully saturated rings. The van der Waals surface area contributed by atoms with E-state index in [4.69, 9.17) is 20.6 Å². The summed E-state index contributed by atoms with van der Waals surface area (Å²) in [6.07, 6.45) is 0.716. The number of aliphatic imine (C=N–C) groups is 1. The van der Waals surface area contributed by atoms with E-state index in [2.05, 4.69) is 9.98 Å². The summed E-state index contributed by atoms with van der Waals surface area (Å²) in [6.45, 7) is 4.85. The standard InChI is InChI=1S/C28H28F2N6O5S/c1-28(2)23(27(38)39)36(13-42-28)15-5-7-19(16(11-15)25-33-8-9-35(25)3)40-22-17(29)12-34-26(21(22)30)41-20-10-14(24(31)32)4-6-18(20)37/h4-7,10-12,23,37H,8-9,13H2,1-3H3,(H3,31,32)(H,38,39). The number of nitrogens with zero attached hydrogens (tertiary/aromatic N) is 4. The zero-order chi connectivity index (χ0) is 30.3. The number of carboxylic acid groups (broad SMARTS) is 1. The second kappa shape index (κ2) is 11.0. The number of likely N-dealkylation sites (N-methyl/N-ethyl adjacent to an activating group) is 1. The first-order valence-electron chi connectivity index (χ1n) is 12.8. The number of nitrogen functional groups attached to an aromatic ring is 1. The third-order valence-corrected chi connectivity index (χ3v) is 8.34. The maximum Gasteiger partial charge on any atom is 0.327 e. The molecule has 42 heavy (non-hydrogen) atoms. The van der Waals surface area contributed by atoms with E-state index in [0.29, 0.717) is 42.2 Å². The Morgan fingerprint density at radius 3 is 2.62 bits per heavy atom. The highest BCUT2D eigenvalue weighted by Crippen LogP contribution is 2.44. The number of nitrogens with two attached hydrogens (primary N) is 1. The molecule has 0 aliphatic carbocycles. The predicted molar refractivity (Wildman–Crippen MR) is 154 cm³/mol. The Morgan fingerprint density at radius 1 is 1.19 bits per heavy atom. The number of aromatic nitrogens is 1. The van der Waals surface area contributed by atoms with Gasteiger partial charge in [0.05, 0.1) is 24.2 Å². The van der Waals surface area contributed by atoms with Gasteiger partial charge in [-0.2, -0.15) is 4.39 Å². The van der Waals surface area contributed by atoms with Gasteiger partial charge in [-0.1, -0.05) is 0 Å². The number of phenols is 1. The molecule has 0 radical (unpaired) electrons. The lowest BCUT2D eigenvalue weighted by molar-refractivity contribution is -0.139. The molecule has 0 amide bonds. The van der Waals surface area contributed by atoms with Gasteiger partial charge in [0.1, 0.15) is 23.5 Å². The Balaban J connectivity index is 1.53. The number of anilines is 1. The minimum absolute atomic E-state index is 0.0700. The van der Waals surface area contributed by atoms with Gasteiger partial charge in [-0.3, -0.25) is 10.4 Å². The number of hydrogen-bond acceptors (Lipinski definition) is 10. The van der Waals surface area contributed by atoms with Crippen molar-refractivity contribution >= 4 is 35.1 Å². The lowest BCUT2D eigenvalue weighted by Crippen LogP contribution is -2.46. The summed E-state index contributed by atoms with van der Waals surface area (Å²) in [6, 6.07) is 7.85. The number of pyridine rings is 1. The molecule has 0 spiro atoms. The molecule has 1 saturated heterocycles. The first kappa shape index (κ1) is 28.9. The topological polar surface area (TPSA) is 158 Å². The van der Waals surface area contributed by atoms with Crippen LogP contribution in [0.4, 0.5) is 14.5 Å². The molecular formula is C28H28F2N6O5S. The van der Waals surface area contributed by atoms with Crippen molar-refractivity contribution in [2.24, 2.45) is 10.7 Å². The summed E-state index contributed by atoms with van der Waals surface area (Å²) >= 11 is 1.51. The number of nitrogens with one attached hydrogen (secondary N) is 1. The van der Waals surface area contributed by atoms with Gasteiger partial charge in [-0.05, 0) is 50.2 Å². The monoisotopic (exact) mass is 598 g/mol. The normalized spacial score (nSPS) is 17.7. The minimum Gasteiger partial charge on any atom is -0.504 e. The average Bonchev–Trinajstić information content (AvgIpc) is 3.50. The SMILES string of the molecule is CN1CCN=C1c1cc(N2CSC(C)(C)C2C(=O)O)ccc1Oc1c(F)cnc(Oc2cc(C(=N)N)ccc2O)c1F. The minimum atomic E-state index is -1.27. The van der Waals surface area contributed by atoms with Crippen molar-refractivity contribution < 1.29 is 33.3 Å². The van der Waals surface area contributed by atoms with Crippen LogP contribution < -0.4 is 20.1 Å². The van der Waals surface area contributed by atoms with Gasteiger partial charge in [0.15, 0.2) is 17.3 Å². The first-order valence-corrected chi connectivity index (χ1v) is 13.8. The van der Waals surface area contributed by atoms with Crippen molar-refractivity contribution in [3.63, 3.8) is 0 Å². The van der Waals surface area contributed by atoms with E-state index in [1.165, 1.54) is 36.0 Å². The molecule has 2 aromatic carbocycles. The third kappa shape index (κ3) is 5.36. The number of aromatic hydroxyl groups is 1. The first-order chi connectivity index (χ1) is 19.9. The summed E-state index contributed by atoms with van der Waals surface area (Å²) in [5, 5.41) is 27.7. The van der Waals surface area contributed by atoms with Gasteiger partial charge in [0.2, 0.25) is 11.6 Å². The number of carboxylic acids is 1. The van der Waals surface area contributed by atoms with Crippen LogP contribution in [0.15, 0.2) is 47.6 Å².